The summed E-state index contributed by atoms with van der Waals surface area (Å²) in [6, 6.07) is -0.950. The number of alkyl halides is 3. The predicted octanol–water partition coefficient (Wildman–Crippen LogP) is 1.08. The number of nitrogen functional groups attached to an aromatic ring is 1. The molecule has 0 aliphatic heterocycles. The van der Waals surface area contributed by atoms with Crippen molar-refractivity contribution in [3.05, 3.63) is 18.2 Å². The average molecular weight is 491 g/mol. The minimum Gasteiger partial charge on any atom is -0.480 e. The molecule has 2 heterocycles. The Kier molecular flexibility index (Phi) is 10.0. The standard InChI is InChI=1S/C16H23N7O4.C2HF3O2/c1-9(2)4-11(16(25)26)22-12(24)7-23-8-19-13(14(23)17)15-18-5-10(21-15)6-20-27-3;3-2(4,5)1(6)7/h5-6,8-9,11H,4,7,17H2,1-3H3,(H,18,21)(H,22,24)(H,25,26);(H,6,7)/b20-6-;/t11-;/m0./s1. The molecule has 0 unspecified atom stereocenters. The molecule has 0 aliphatic carbocycles. The van der Waals surface area contributed by atoms with Gasteiger partial charge in [-0.25, -0.2) is 19.6 Å². The molecular weight excluding hydrogens is 467 g/mol. The fourth-order valence-corrected chi connectivity index (χ4v) is 2.42. The lowest BCUT2D eigenvalue weighted by Crippen LogP contribution is -2.43. The Hall–Kier alpha value is -4.11. The minimum atomic E-state index is -5.08. The van der Waals surface area contributed by atoms with Crippen molar-refractivity contribution in [1.29, 1.82) is 0 Å². The molecule has 0 fully saturated rings. The maximum atomic E-state index is 12.2. The minimum absolute atomic E-state index is 0.131. The lowest BCUT2D eigenvalue weighted by atomic mass is 10.0. The Morgan fingerprint density at radius 3 is 2.44 bits per heavy atom. The van der Waals surface area contributed by atoms with Gasteiger partial charge < -0.3 is 35.7 Å². The van der Waals surface area contributed by atoms with Crippen LogP contribution in [0.5, 0.6) is 0 Å². The number of oxime groups is 1. The number of aliphatic carboxylic acids is 2. The van der Waals surface area contributed by atoms with E-state index in [-0.39, 0.29) is 18.3 Å². The van der Waals surface area contributed by atoms with Gasteiger partial charge in [-0.2, -0.15) is 13.2 Å². The number of nitrogens with zero attached hydrogens (tertiary/aromatic N) is 4. The maximum absolute atomic E-state index is 12.2. The highest BCUT2D eigenvalue weighted by Gasteiger charge is 2.38. The normalized spacial score (nSPS) is 12.2. The molecule has 0 saturated carbocycles. The molecule has 0 radical (unpaired) electrons. The molecule has 0 aliphatic rings. The van der Waals surface area contributed by atoms with Gasteiger partial charge in [-0.05, 0) is 12.3 Å². The number of carbonyl (C=O) groups is 3. The number of hydrogen-bond donors (Lipinski definition) is 5. The van der Waals surface area contributed by atoms with E-state index in [0.29, 0.717) is 23.6 Å². The van der Waals surface area contributed by atoms with E-state index in [4.69, 9.17) is 15.6 Å². The number of carboxylic acids is 2. The third-order valence-electron chi connectivity index (χ3n) is 3.89. The number of imidazole rings is 2. The van der Waals surface area contributed by atoms with Crippen LogP contribution in [0.2, 0.25) is 0 Å². The summed E-state index contributed by atoms with van der Waals surface area (Å²) in [6.07, 6.45) is -0.373. The van der Waals surface area contributed by atoms with Crippen molar-refractivity contribution < 1.29 is 42.6 Å². The SMILES string of the molecule is CO/N=C\c1cnc(-c2ncn(CC(=O)N[C@@H](CC(C)C)C(=O)O)c2N)[nH]1.O=C(O)C(F)(F)F. The van der Waals surface area contributed by atoms with Crippen molar-refractivity contribution in [3.63, 3.8) is 0 Å². The molecule has 0 bridgehead atoms. The molecular formula is C18H24F3N7O6. The van der Waals surface area contributed by atoms with Crippen molar-refractivity contribution in [3.8, 4) is 11.5 Å². The largest absolute Gasteiger partial charge is 0.490 e. The number of nitrogens with one attached hydrogen (secondary N) is 2. The number of hydrogen-bond acceptors (Lipinski definition) is 8. The van der Waals surface area contributed by atoms with Crippen LogP contribution in [0.3, 0.4) is 0 Å². The Morgan fingerprint density at radius 2 is 1.94 bits per heavy atom. The number of halogens is 3. The first-order valence-electron chi connectivity index (χ1n) is 9.51. The van der Waals surface area contributed by atoms with E-state index in [1.807, 2.05) is 13.8 Å². The summed E-state index contributed by atoms with van der Waals surface area (Å²) in [5.74, 6) is -3.53. The molecule has 0 aromatic carbocycles. The molecule has 0 spiro atoms. The highest BCUT2D eigenvalue weighted by Crippen LogP contribution is 2.21. The van der Waals surface area contributed by atoms with E-state index in [9.17, 15) is 27.9 Å². The van der Waals surface area contributed by atoms with Gasteiger partial charge in [0.2, 0.25) is 5.91 Å². The van der Waals surface area contributed by atoms with Crippen LogP contribution < -0.4 is 11.1 Å². The van der Waals surface area contributed by atoms with Gasteiger partial charge in [0.05, 0.1) is 24.4 Å². The highest BCUT2D eigenvalue weighted by molar-refractivity contribution is 5.84. The molecule has 6 N–H and O–H groups in total. The second kappa shape index (κ2) is 12.2. The van der Waals surface area contributed by atoms with Crippen LogP contribution in [0, 0.1) is 5.92 Å². The molecule has 34 heavy (non-hydrogen) atoms. The lowest BCUT2D eigenvalue weighted by Gasteiger charge is -2.16. The summed E-state index contributed by atoms with van der Waals surface area (Å²) in [4.78, 5) is 48.2. The zero-order valence-corrected chi connectivity index (χ0v) is 18.3. The summed E-state index contributed by atoms with van der Waals surface area (Å²) in [5, 5.41) is 22.5. The van der Waals surface area contributed by atoms with Crippen molar-refractivity contribution in [2.75, 3.05) is 12.8 Å². The number of nitrogens with two attached hydrogens (primary N) is 1. The number of rotatable bonds is 9. The van der Waals surface area contributed by atoms with Crippen LogP contribution in [0.1, 0.15) is 26.0 Å². The summed E-state index contributed by atoms with van der Waals surface area (Å²) in [5.41, 5.74) is 7.02. The first kappa shape index (κ1) is 27.9. The van der Waals surface area contributed by atoms with Crippen molar-refractivity contribution in [2.24, 2.45) is 11.1 Å². The molecule has 2 aromatic heterocycles. The fraction of sp³-hybridized carbons (Fsp3) is 0.444. The van der Waals surface area contributed by atoms with E-state index < -0.39 is 30.1 Å². The Labute approximate surface area is 190 Å². The van der Waals surface area contributed by atoms with Crippen molar-refractivity contribution in [1.82, 2.24) is 24.8 Å². The quantitative estimate of drug-likeness (QED) is 0.252. The molecule has 1 atom stereocenters. The smallest absolute Gasteiger partial charge is 0.480 e. The number of anilines is 1. The average Bonchev–Trinajstić information content (AvgIpc) is 3.32. The zero-order chi connectivity index (χ0) is 26.1. The van der Waals surface area contributed by atoms with E-state index in [1.54, 1.807) is 0 Å². The zero-order valence-electron chi connectivity index (χ0n) is 18.3. The summed E-state index contributed by atoms with van der Waals surface area (Å²) in [6.45, 7) is 3.62. The van der Waals surface area contributed by atoms with Gasteiger partial charge in [0, 0.05) is 0 Å². The molecule has 13 nitrogen and oxygen atoms in total. The van der Waals surface area contributed by atoms with Gasteiger partial charge in [0.25, 0.3) is 0 Å². The monoisotopic (exact) mass is 491 g/mol. The van der Waals surface area contributed by atoms with Crippen LogP contribution in [0.15, 0.2) is 17.7 Å². The molecule has 0 saturated heterocycles. The van der Waals surface area contributed by atoms with Crippen LogP contribution in [0.4, 0.5) is 19.0 Å². The topological polar surface area (TPSA) is 198 Å². The van der Waals surface area contributed by atoms with Crippen LogP contribution in [-0.4, -0.2) is 73.1 Å². The molecule has 2 aromatic rings. The first-order chi connectivity index (χ1) is 15.8. The second-order valence-electron chi connectivity index (χ2n) is 7.10. The van der Waals surface area contributed by atoms with Gasteiger partial charge in [-0.15, -0.1) is 0 Å². The van der Waals surface area contributed by atoms with Crippen molar-refractivity contribution in [2.45, 2.75) is 39.0 Å². The maximum Gasteiger partial charge on any atom is 0.490 e. The first-order valence-corrected chi connectivity index (χ1v) is 9.51. The van der Waals surface area contributed by atoms with Crippen LogP contribution >= 0.6 is 0 Å². The van der Waals surface area contributed by atoms with Gasteiger partial charge >= 0.3 is 18.1 Å². The fourth-order valence-electron chi connectivity index (χ4n) is 2.42. The number of H-pyrrole nitrogens is 1. The van der Waals surface area contributed by atoms with Gasteiger partial charge in [0.1, 0.15) is 31.2 Å². The second-order valence-corrected chi connectivity index (χ2v) is 7.10. The lowest BCUT2D eigenvalue weighted by molar-refractivity contribution is -0.192. The number of carbonyl (C=O) groups excluding carboxylic acids is 1. The van der Waals surface area contributed by atoms with E-state index in [0.717, 1.165) is 0 Å². The molecule has 1 amide bonds. The number of carboxylic acid groups (broad SMARTS) is 2. The third kappa shape index (κ3) is 8.79. The number of amides is 1. The Bertz CT molecular complexity index is 1020. The molecule has 2 rings (SSSR count). The summed E-state index contributed by atoms with van der Waals surface area (Å²) >= 11 is 0. The van der Waals surface area contributed by atoms with Crippen LogP contribution in [-0.2, 0) is 25.8 Å². The van der Waals surface area contributed by atoms with Gasteiger partial charge in [0.15, 0.2) is 5.82 Å². The van der Waals surface area contributed by atoms with Crippen LogP contribution in [0.25, 0.3) is 11.5 Å². The highest BCUT2D eigenvalue weighted by atomic mass is 19.4. The molecule has 188 valence electrons. The Morgan fingerprint density at radius 1 is 1.32 bits per heavy atom. The summed E-state index contributed by atoms with van der Waals surface area (Å²) in [7, 11) is 1.43. The number of aromatic amines is 1. The van der Waals surface area contributed by atoms with E-state index >= 15 is 0 Å². The molecule has 16 heteroatoms. The summed E-state index contributed by atoms with van der Waals surface area (Å²) < 4.78 is 33.2. The van der Waals surface area contributed by atoms with Gasteiger partial charge in [-0.3, -0.25) is 4.79 Å². The third-order valence-corrected chi connectivity index (χ3v) is 3.89. The van der Waals surface area contributed by atoms with E-state index in [1.165, 1.54) is 30.4 Å². The number of aromatic nitrogens is 4. The van der Waals surface area contributed by atoms with Gasteiger partial charge in [-0.1, -0.05) is 19.0 Å². The Balaban J connectivity index is 0.000000718. The van der Waals surface area contributed by atoms with E-state index in [2.05, 4.69) is 30.3 Å². The predicted molar refractivity (Wildman–Crippen MR) is 112 cm³/mol. The van der Waals surface area contributed by atoms with Crippen molar-refractivity contribution >= 4 is 29.9 Å².